The van der Waals surface area contributed by atoms with Gasteiger partial charge in [-0.2, -0.15) is 4.98 Å². The van der Waals surface area contributed by atoms with E-state index in [1.807, 2.05) is 0 Å². The molecule has 7 nitrogen and oxygen atoms in total. The summed E-state index contributed by atoms with van der Waals surface area (Å²) in [5.41, 5.74) is 0.808. The van der Waals surface area contributed by atoms with E-state index in [1.165, 1.54) is 12.1 Å². The highest BCUT2D eigenvalue weighted by atomic mass is 19.1. The van der Waals surface area contributed by atoms with Crippen LogP contribution in [0, 0.1) is 5.82 Å². The van der Waals surface area contributed by atoms with Crippen molar-refractivity contribution in [2.45, 2.75) is 38.1 Å². The number of amides is 1. The van der Waals surface area contributed by atoms with Gasteiger partial charge in [0.05, 0.1) is 6.20 Å². The van der Waals surface area contributed by atoms with Crippen LogP contribution in [0.5, 0.6) is 0 Å². The Morgan fingerprint density at radius 1 is 1.23 bits per heavy atom. The molecule has 1 atom stereocenters. The average molecular weight is 406 g/mol. The molecular weight excluding hydrogens is 383 g/mol. The summed E-state index contributed by atoms with van der Waals surface area (Å²) in [6.07, 6.45) is 8.72. The molecule has 8 heteroatoms. The minimum Gasteiger partial charge on any atom is -0.340 e. The number of hydrogen-bond donors (Lipinski definition) is 0. The summed E-state index contributed by atoms with van der Waals surface area (Å²) in [4.78, 5) is 30.9. The van der Waals surface area contributed by atoms with Crippen LogP contribution in [0.15, 0.2) is 42.9 Å². The molecule has 30 heavy (non-hydrogen) atoms. The second kappa shape index (κ2) is 6.90. The van der Waals surface area contributed by atoms with Gasteiger partial charge in [-0.25, -0.2) is 14.4 Å². The van der Waals surface area contributed by atoms with E-state index >= 15 is 0 Å². The van der Waals surface area contributed by atoms with Gasteiger partial charge in [0, 0.05) is 31.5 Å². The molecule has 0 unspecified atom stereocenters. The van der Waals surface area contributed by atoms with Crippen LogP contribution in [0.2, 0.25) is 0 Å². The normalized spacial score (nSPS) is 20.8. The van der Waals surface area contributed by atoms with Crippen molar-refractivity contribution in [3.05, 3.63) is 48.7 Å². The van der Waals surface area contributed by atoms with Crippen molar-refractivity contribution < 1.29 is 9.18 Å². The van der Waals surface area contributed by atoms with E-state index in [2.05, 4.69) is 21.8 Å². The third kappa shape index (κ3) is 2.63. The van der Waals surface area contributed by atoms with Crippen molar-refractivity contribution in [2.75, 3.05) is 23.4 Å². The lowest BCUT2D eigenvalue weighted by atomic mass is 9.81. The molecule has 0 aliphatic carbocycles. The molecule has 4 heterocycles. The highest BCUT2D eigenvalue weighted by Gasteiger charge is 2.51. The summed E-state index contributed by atoms with van der Waals surface area (Å²) in [6, 6.07) is 6.30. The molecule has 2 aliphatic heterocycles. The Hall–Kier alpha value is -3.29. The summed E-state index contributed by atoms with van der Waals surface area (Å²) in [5.74, 6) is 1.56. The van der Waals surface area contributed by atoms with E-state index < -0.39 is 5.54 Å². The molecule has 1 aromatic carbocycles. The molecular formula is C22H23FN6O. The Labute approximate surface area is 174 Å². The van der Waals surface area contributed by atoms with Gasteiger partial charge in [0.1, 0.15) is 22.9 Å². The van der Waals surface area contributed by atoms with Crippen LogP contribution in [0.3, 0.4) is 0 Å². The topological polar surface area (TPSA) is 67.2 Å². The van der Waals surface area contributed by atoms with Crippen LogP contribution < -0.4 is 9.80 Å². The number of carbonyl (C=O) groups is 1. The van der Waals surface area contributed by atoms with Crippen molar-refractivity contribution >= 4 is 17.4 Å². The zero-order valence-electron chi connectivity index (χ0n) is 17.0. The molecule has 2 aromatic heterocycles. The number of likely N-dealkylation sites (N-methyl/N-ethyl adjacent to an activating group) is 1. The van der Waals surface area contributed by atoms with Gasteiger partial charge in [-0.3, -0.25) is 9.36 Å². The number of carbonyl (C=O) groups excluding carboxylic acids is 1. The van der Waals surface area contributed by atoms with Gasteiger partial charge in [-0.1, -0.05) is 19.1 Å². The van der Waals surface area contributed by atoms with Crippen LogP contribution in [0.4, 0.5) is 15.9 Å². The zero-order chi connectivity index (χ0) is 20.9. The van der Waals surface area contributed by atoms with Gasteiger partial charge in [0.15, 0.2) is 5.82 Å². The van der Waals surface area contributed by atoms with E-state index in [0.717, 1.165) is 38.0 Å². The van der Waals surface area contributed by atoms with E-state index in [0.29, 0.717) is 23.0 Å². The Balaban J connectivity index is 1.64. The molecule has 0 spiro atoms. The minimum absolute atomic E-state index is 0.108. The van der Waals surface area contributed by atoms with Gasteiger partial charge in [-0.05, 0) is 37.8 Å². The lowest BCUT2D eigenvalue weighted by Crippen LogP contribution is -2.64. The predicted molar refractivity (Wildman–Crippen MR) is 112 cm³/mol. The fraction of sp³-hybridized carbons (Fsp3) is 0.364. The number of fused-ring (bicyclic) bond motifs is 3. The molecule has 0 bridgehead atoms. The second-order valence-corrected chi connectivity index (χ2v) is 7.87. The quantitative estimate of drug-likeness (QED) is 0.665. The molecule has 0 saturated carbocycles. The Bertz CT molecular complexity index is 1130. The largest absolute Gasteiger partial charge is 0.340 e. The summed E-state index contributed by atoms with van der Waals surface area (Å²) in [5, 5.41) is 0. The van der Waals surface area contributed by atoms with Crippen molar-refractivity contribution in [2.24, 2.45) is 0 Å². The maximum absolute atomic E-state index is 13.8. The van der Waals surface area contributed by atoms with Crippen molar-refractivity contribution in [3.8, 4) is 17.3 Å². The number of nitrogens with zero attached hydrogens (tertiary/aromatic N) is 6. The lowest BCUT2D eigenvalue weighted by molar-refractivity contribution is -0.124. The average Bonchev–Trinajstić information content (AvgIpc) is 3.27. The molecule has 2 aliphatic rings. The standard InChI is InChI=1S/C22H23FN6O/c1-3-22-9-4-5-11-29(22)19-17(27(2)20(22)30)14-25-21(26-19)28-12-10-24-18(28)15-7-6-8-16(23)13-15/h6-8,10,12-14H,3-5,9,11H2,1-2H3/t22-/m0/s1. The maximum atomic E-state index is 13.8. The lowest BCUT2D eigenvalue weighted by Gasteiger charge is -2.51. The van der Waals surface area contributed by atoms with Gasteiger partial charge < -0.3 is 9.80 Å². The van der Waals surface area contributed by atoms with Gasteiger partial charge in [0.25, 0.3) is 5.91 Å². The smallest absolute Gasteiger partial charge is 0.252 e. The van der Waals surface area contributed by atoms with Crippen LogP contribution in [0.1, 0.15) is 32.6 Å². The number of hydrogen-bond acceptors (Lipinski definition) is 5. The Morgan fingerprint density at radius 2 is 2.10 bits per heavy atom. The number of aromatic nitrogens is 4. The van der Waals surface area contributed by atoms with E-state index in [-0.39, 0.29) is 11.7 Å². The summed E-state index contributed by atoms with van der Waals surface area (Å²) < 4.78 is 15.5. The van der Waals surface area contributed by atoms with Crippen LogP contribution in [-0.4, -0.2) is 44.6 Å². The van der Waals surface area contributed by atoms with Crippen LogP contribution in [0.25, 0.3) is 17.3 Å². The van der Waals surface area contributed by atoms with E-state index in [4.69, 9.17) is 4.98 Å². The molecule has 5 rings (SSSR count). The third-order valence-electron chi connectivity index (χ3n) is 6.32. The summed E-state index contributed by atoms with van der Waals surface area (Å²) in [7, 11) is 1.79. The Kier molecular flexibility index (Phi) is 4.30. The highest BCUT2D eigenvalue weighted by molar-refractivity contribution is 6.07. The van der Waals surface area contributed by atoms with Crippen LogP contribution in [-0.2, 0) is 4.79 Å². The van der Waals surface area contributed by atoms with Crippen molar-refractivity contribution in [1.29, 1.82) is 0 Å². The van der Waals surface area contributed by atoms with Crippen molar-refractivity contribution in [1.82, 2.24) is 19.5 Å². The number of piperidine rings is 1. The van der Waals surface area contributed by atoms with Crippen molar-refractivity contribution in [3.63, 3.8) is 0 Å². The first-order chi connectivity index (χ1) is 14.5. The summed E-state index contributed by atoms with van der Waals surface area (Å²) >= 11 is 0. The number of rotatable bonds is 3. The molecule has 1 fully saturated rings. The van der Waals surface area contributed by atoms with Gasteiger partial charge in [-0.15, -0.1) is 0 Å². The van der Waals surface area contributed by atoms with E-state index in [9.17, 15) is 9.18 Å². The molecule has 0 N–H and O–H groups in total. The maximum Gasteiger partial charge on any atom is 0.252 e. The first-order valence-electron chi connectivity index (χ1n) is 10.3. The van der Waals surface area contributed by atoms with Gasteiger partial charge in [0.2, 0.25) is 5.95 Å². The van der Waals surface area contributed by atoms with E-state index in [1.54, 1.807) is 47.2 Å². The van der Waals surface area contributed by atoms with Crippen LogP contribution >= 0.6 is 0 Å². The summed E-state index contributed by atoms with van der Waals surface area (Å²) in [6.45, 7) is 2.85. The highest BCUT2D eigenvalue weighted by Crippen LogP contribution is 2.44. The fourth-order valence-corrected chi connectivity index (χ4v) is 4.72. The number of halogens is 1. The third-order valence-corrected chi connectivity index (χ3v) is 6.32. The Morgan fingerprint density at radius 3 is 2.90 bits per heavy atom. The molecule has 1 saturated heterocycles. The SMILES string of the molecule is CC[C@@]12CCCCN1c1nc(-n3ccnc3-c3cccc(F)c3)ncc1N(C)C2=O. The predicted octanol–water partition coefficient (Wildman–Crippen LogP) is 3.58. The minimum atomic E-state index is -0.550. The first kappa shape index (κ1) is 18.7. The zero-order valence-corrected chi connectivity index (χ0v) is 17.0. The molecule has 154 valence electrons. The van der Waals surface area contributed by atoms with Gasteiger partial charge >= 0.3 is 0 Å². The molecule has 3 aromatic rings. The second-order valence-electron chi connectivity index (χ2n) is 7.87. The monoisotopic (exact) mass is 406 g/mol. The fourth-order valence-electron chi connectivity index (χ4n) is 4.72. The molecule has 1 amide bonds. The number of anilines is 2. The number of benzene rings is 1. The first-order valence-corrected chi connectivity index (χ1v) is 10.3. The molecule has 0 radical (unpaired) electrons. The number of imidazole rings is 1.